The van der Waals surface area contributed by atoms with Crippen LogP contribution >= 0.6 is 0 Å². The third kappa shape index (κ3) is 3.79. The van der Waals surface area contributed by atoms with Crippen molar-refractivity contribution in [1.82, 2.24) is 0 Å². The van der Waals surface area contributed by atoms with Gasteiger partial charge in [0.25, 0.3) is 5.69 Å². The van der Waals surface area contributed by atoms with Crippen molar-refractivity contribution in [2.75, 3.05) is 30.9 Å². The molecule has 0 heterocycles. The number of alkyl halides is 3. The summed E-state index contributed by atoms with van der Waals surface area (Å²) in [6, 6.07) is 3.77. The standard InChI is InChI=1S/C10H12F3N3O2/c1-14-7-3-8(5-9(4-7)16(17)18)15(2)6-10(11,12)13/h3-5,14H,6H2,1-2H3. The number of nitrogens with zero attached hydrogens (tertiary/aromatic N) is 2. The van der Waals surface area contributed by atoms with Crippen LogP contribution in [-0.2, 0) is 0 Å². The number of rotatable bonds is 4. The van der Waals surface area contributed by atoms with Crippen LogP contribution in [0.3, 0.4) is 0 Å². The SMILES string of the molecule is CNc1cc(N(C)CC(F)(F)F)cc([N+](=O)[O-])c1. The molecule has 0 saturated heterocycles. The Labute approximate surface area is 101 Å². The monoisotopic (exact) mass is 263 g/mol. The summed E-state index contributed by atoms with van der Waals surface area (Å²) >= 11 is 0. The molecule has 18 heavy (non-hydrogen) atoms. The van der Waals surface area contributed by atoms with E-state index in [-0.39, 0.29) is 11.4 Å². The number of non-ortho nitro benzene ring substituents is 1. The van der Waals surface area contributed by atoms with Crippen molar-refractivity contribution in [3.8, 4) is 0 Å². The molecule has 1 aromatic rings. The van der Waals surface area contributed by atoms with Crippen molar-refractivity contribution in [3.63, 3.8) is 0 Å². The molecule has 0 radical (unpaired) electrons. The minimum Gasteiger partial charge on any atom is -0.388 e. The zero-order chi connectivity index (χ0) is 13.9. The Morgan fingerprint density at radius 3 is 2.44 bits per heavy atom. The largest absolute Gasteiger partial charge is 0.405 e. The molecule has 0 aromatic heterocycles. The second-order valence-corrected chi connectivity index (χ2v) is 3.72. The van der Waals surface area contributed by atoms with Crippen LogP contribution in [0.4, 0.5) is 30.2 Å². The molecule has 1 N–H and O–H groups in total. The van der Waals surface area contributed by atoms with Crippen LogP contribution in [0.15, 0.2) is 18.2 Å². The Morgan fingerprint density at radius 2 is 2.00 bits per heavy atom. The first kappa shape index (κ1) is 14.1. The Morgan fingerprint density at radius 1 is 1.39 bits per heavy atom. The fourth-order valence-electron chi connectivity index (χ4n) is 1.43. The fourth-order valence-corrected chi connectivity index (χ4v) is 1.43. The van der Waals surface area contributed by atoms with E-state index in [4.69, 9.17) is 0 Å². The molecule has 0 spiro atoms. The lowest BCUT2D eigenvalue weighted by Crippen LogP contribution is -2.30. The second-order valence-electron chi connectivity index (χ2n) is 3.72. The van der Waals surface area contributed by atoms with Crippen LogP contribution in [0, 0.1) is 10.1 Å². The maximum Gasteiger partial charge on any atom is 0.405 e. The van der Waals surface area contributed by atoms with Crippen LogP contribution < -0.4 is 10.2 Å². The number of nitro benzene ring substituents is 1. The lowest BCUT2D eigenvalue weighted by molar-refractivity contribution is -0.384. The van der Waals surface area contributed by atoms with E-state index >= 15 is 0 Å². The van der Waals surface area contributed by atoms with Gasteiger partial charge in [-0.1, -0.05) is 0 Å². The topological polar surface area (TPSA) is 58.4 Å². The number of anilines is 2. The van der Waals surface area contributed by atoms with Crippen LogP contribution in [0.25, 0.3) is 0 Å². The summed E-state index contributed by atoms with van der Waals surface area (Å²) in [5.41, 5.74) is 0.255. The van der Waals surface area contributed by atoms with Gasteiger partial charge in [0.2, 0.25) is 0 Å². The summed E-state index contributed by atoms with van der Waals surface area (Å²) in [5, 5.41) is 13.3. The normalized spacial score (nSPS) is 11.2. The van der Waals surface area contributed by atoms with Crippen LogP contribution in [0.1, 0.15) is 0 Å². The van der Waals surface area contributed by atoms with Crippen molar-refractivity contribution in [1.29, 1.82) is 0 Å². The highest BCUT2D eigenvalue weighted by Crippen LogP contribution is 2.28. The Kier molecular flexibility index (Phi) is 4.00. The lowest BCUT2D eigenvalue weighted by Gasteiger charge is -2.21. The number of halogens is 3. The third-order valence-electron chi connectivity index (χ3n) is 2.26. The molecule has 0 amide bonds. The maximum atomic E-state index is 12.2. The Hall–Kier alpha value is -1.99. The molecule has 8 heteroatoms. The van der Waals surface area contributed by atoms with Gasteiger partial charge in [-0.25, -0.2) is 0 Å². The highest BCUT2D eigenvalue weighted by molar-refractivity contribution is 5.64. The van der Waals surface area contributed by atoms with Gasteiger partial charge in [-0.05, 0) is 6.07 Å². The maximum absolute atomic E-state index is 12.2. The summed E-state index contributed by atoms with van der Waals surface area (Å²) in [5.74, 6) is 0. The predicted octanol–water partition coefficient (Wildman–Crippen LogP) is 2.64. The van der Waals surface area contributed by atoms with Crippen molar-refractivity contribution in [2.24, 2.45) is 0 Å². The van der Waals surface area contributed by atoms with Gasteiger partial charge < -0.3 is 10.2 Å². The molecule has 0 saturated carbocycles. The molecule has 0 atom stereocenters. The molecule has 0 aliphatic heterocycles. The number of hydrogen-bond acceptors (Lipinski definition) is 4. The Balaban J connectivity index is 3.07. The number of benzene rings is 1. The van der Waals surface area contributed by atoms with Crippen molar-refractivity contribution in [2.45, 2.75) is 6.18 Å². The summed E-state index contributed by atoms with van der Waals surface area (Å²) in [7, 11) is 2.76. The van der Waals surface area contributed by atoms with E-state index < -0.39 is 17.6 Å². The summed E-state index contributed by atoms with van der Waals surface area (Å²) in [6.45, 7) is -1.17. The number of nitrogens with one attached hydrogen (secondary N) is 1. The molecule has 1 aromatic carbocycles. The highest BCUT2D eigenvalue weighted by atomic mass is 19.4. The molecule has 0 bridgehead atoms. The summed E-state index contributed by atoms with van der Waals surface area (Å²) in [6.07, 6.45) is -4.36. The molecule has 1 rings (SSSR count). The zero-order valence-electron chi connectivity index (χ0n) is 9.78. The van der Waals surface area contributed by atoms with E-state index in [2.05, 4.69) is 5.32 Å². The zero-order valence-corrected chi connectivity index (χ0v) is 9.78. The number of nitro groups is 1. The van der Waals surface area contributed by atoms with Gasteiger partial charge >= 0.3 is 6.18 Å². The average molecular weight is 263 g/mol. The molecule has 0 fully saturated rings. The van der Waals surface area contributed by atoms with Crippen molar-refractivity contribution >= 4 is 17.1 Å². The quantitative estimate of drug-likeness (QED) is 0.670. The van der Waals surface area contributed by atoms with Gasteiger partial charge in [-0.2, -0.15) is 13.2 Å². The van der Waals surface area contributed by atoms with E-state index in [1.165, 1.54) is 26.2 Å². The van der Waals surface area contributed by atoms with E-state index in [0.717, 1.165) is 11.0 Å². The predicted molar refractivity (Wildman–Crippen MR) is 62.0 cm³/mol. The van der Waals surface area contributed by atoms with Crippen LogP contribution in [-0.4, -0.2) is 31.7 Å². The van der Waals surface area contributed by atoms with Gasteiger partial charge in [-0.3, -0.25) is 10.1 Å². The van der Waals surface area contributed by atoms with Gasteiger partial charge in [-0.15, -0.1) is 0 Å². The van der Waals surface area contributed by atoms with Crippen LogP contribution in [0.2, 0.25) is 0 Å². The van der Waals surface area contributed by atoms with Gasteiger partial charge in [0.15, 0.2) is 0 Å². The minimum absolute atomic E-state index is 0.130. The smallest absolute Gasteiger partial charge is 0.388 e. The second kappa shape index (κ2) is 5.11. The fraction of sp³-hybridized carbons (Fsp3) is 0.400. The van der Waals surface area contributed by atoms with Gasteiger partial charge in [0, 0.05) is 37.6 Å². The first-order valence-electron chi connectivity index (χ1n) is 4.98. The van der Waals surface area contributed by atoms with Crippen LogP contribution in [0.5, 0.6) is 0 Å². The Bertz CT molecular complexity index is 448. The van der Waals surface area contributed by atoms with Crippen molar-refractivity contribution in [3.05, 3.63) is 28.3 Å². The molecule has 0 aliphatic carbocycles. The molecule has 0 unspecified atom stereocenters. The average Bonchev–Trinajstić information content (AvgIpc) is 2.26. The molecular formula is C10H12F3N3O2. The van der Waals surface area contributed by atoms with Gasteiger partial charge in [0.1, 0.15) is 6.54 Å². The summed E-state index contributed by atoms with van der Waals surface area (Å²) < 4.78 is 36.7. The first-order valence-corrected chi connectivity index (χ1v) is 4.98. The van der Waals surface area contributed by atoms with E-state index in [1.54, 1.807) is 0 Å². The first-order chi connectivity index (χ1) is 8.23. The van der Waals surface area contributed by atoms with Gasteiger partial charge in [0.05, 0.1) is 4.92 Å². The molecular weight excluding hydrogens is 251 g/mol. The van der Waals surface area contributed by atoms with Crippen molar-refractivity contribution < 1.29 is 18.1 Å². The van der Waals surface area contributed by atoms with E-state index in [0.29, 0.717) is 5.69 Å². The molecule has 0 aliphatic rings. The summed E-state index contributed by atoms with van der Waals surface area (Å²) in [4.78, 5) is 10.9. The molecule has 5 nitrogen and oxygen atoms in total. The third-order valence-corrected chi connectivity index (χ3v) is 2.26. The van der Waals surface area contributed by atoms with E-state index in [9.17, 15) is 23.3 Å². The number of hydrogen-bond donors (Lipinski definition) is 1. The van der Waals surface area contributed by atoms with E-state index in [1.807, 2.05) is 0 Å². The minimum atomic E-state index is -4.36. The highest BCUT2D eigenvalue weighted by Gasteiger charge is 2.29. The molecule has 100 valence electrons. The lowest BCUT2D eigenvalue weighted by atomic mass is 10.2.